The highest BCUT2D eigenvalue weighted by atomic mass is 79.9. The van der Waals surface area contributed by atoms with E-state index in [1.54, 1.807) is 0 Å². The molecule has 1 saturated carbocycles. The molecule has 3 rings (SSSR count). The van der Waals surface area contributed by atoms with Gasteiger partial charge in [0.2, 0.25) is 5.95 Å². The Morgan fingerprint density at radius 2 is 1.96 bits per heavy atom. The highest BCUT2D eigenvalue weighted by Crippen LogP contribution is 2.31. The molecule has 1 heterocycles. The molecule has 2 aromatic rings. The molecule has 4 nitrogen and oxygen atoms in total. The van der Waals surface area contributed by atoms with Crippen LogP contribution in [0.15, 0.2) is 34.8 Å². The smallest absolute Gasteiger partial charge is 0.366 e. The van der Waals surface area contributed by atoms with Gasteiger partial charge in [-0.15, -0.1) is 0 Å². The minimum Gasteiger partial charge on any atom is -0.366 e. The van der Waals surface area contributed by atoms with Crippen molar-refractivity contribution in [2.45, 2.75) is 31.6 Å². The largest absolute Gasteiger partial charge is 0.433 e. The summed E-state index contributed by atoms with van der Waals surface area (Å²) in [7, 11) is 0. The predicted octanol–water partition coefficient (Wildman–Crippen LogP) is 4.44. The Bertz CT molecular complexity index is 701. The van der Waals surface area contributed by atoms with E-state index in [1.807, 2.05) is 24.3 Å². The summed E-state index contributed by atoms with van der Waals surface area (Å²) in [5.74, 6) is 0.162. The maximum atomic E-state index is 13.0. The first-order valence-corrected chi connectivity index (χ1v) is 7.90. The minimum absolute atomic E-state index is 0.0130. The van der Waals surface area contributed by atoms with Gasteiger partial charge in [-0.3, -0.25) is 0 Å². The molecule has 0 radical (unpaired) electrons. The molecule has 0 spiro atoms. The molecule has 0 unspecified atom stereocenters. The predicted molar refractivity (Wildman–Crippen MR) is 85.1 cm³/mol. The molecule has 0 aliphatic heterocycles. The number of anilines is 2. The fourth-order valence-electron chi connectivity index (χ4n) is 2.00. The van der Waals surface area contributed by atoms with E-state index < -0.39 is 11.9 Å². The zero-order valence-corrected chi connectivity index (χ0v) is 13.6. The summed E-state index contributed by atoms with van der Waals surface area (Å²) in [6.07, 6.45) is -2.64. The molecule has 0 bridgehead atoms. The van der Waals surface area contributed by atoms with E-state index in [1.165, 1.54) is 0 Å². The zero-order chi connectivity index (χ0) is 16.4. The van der Waals surface area contributed by atoms with Crippen molar-refractivity contribution in [3.05, 3.63) is 46.1 Å². The van der Waals surface area contributed by atoms with E-state index in [0.717, 1.165) is 28.9 Å². The topological polar surface area (TPSA) is 49.8 Å². The Labute approximate surface area is 139 Å². The third kappa shape index (κ3) is 4.57. The van der Waals surface area contributed by atoms with E-state index in [2.05, 4.69) is 36.5 Å². The third-order valence-electron chi connectivity index (χ3n) is 3.29. The molecule has 1 aliphatic carbocycles. The molecule has 23 heavy (non-hydrogen) atoms. The average molecular weight is 387 g/mol. The van der Waals surface area contributed by atoms with Gasteiger partial charge in [0.25, 0.3) is 0 Å². The zero-order valence-electron chi connectivity index (χ0n) is 12.0. The maximum Gasteiger partial charge on any atom is 0.433 e. The normalized spacial score (nSPS) is 14.6. The van der Waals surface area contributed by atoms with Crippen LogP contribution in [0.4, 0.5) is 24.9 Å². The summed E-state index contributed by atoms with van der Waals surface area (Å²) in [5, 5.41) is 5.83. The molecule has 1 aromatic heterocycles. The molecule has 0 amide bonds. The number of rotatable bonds is 5. The first kappa shape index (κ1) is 16.0. The highest BCUT2D eigenvalue weighted by Gasteiger charge is 2.34. The lowest BCUT2D eigenvalue weighted by Gasteiger charge is -2.12. The van der Waals surface area contributed by atoms with Crippen LogP contribution in [-0.2, 0) is 12.7 Å². The molecule has 1 aromatic carbocycles. The molecule has 2 N–H and O–H groups in total. The van der Waals surface area contributed by atoms with Crippen molar-refractivity contribution in [1.82, 2.24) is 9.97 Å². The van der Waals surface area contributed by atoms with Crippen molar-refractivity contribution in [2.75, 3.05) is 10.6 Å². The maximum absolute atomic E-state index is 13.0. The number of hydrogen-bond acceptors (Lipinski definition) is 4. The van der Waals surface area contributed by atoms with Crippen LogP contribution in [0.1, 0.15) is 24.1 Å². The molecule has 1 aliphatic rings. The van der Waals surface area contributed by atoms with Crippen molar-refractivity contribution in [3.63, 3.8) is 0 Å². The van der Waals surface area contributed by atoms with Crippen LogP contribution in [0, 0.1) is 0 Å². The van der Waals surface area contributed by atoms with Gasteiger partial charge in [0.05, 0.1) is 0 Å². The van der Waals surface area contributed by atoms with E-state index in [4.69, 9.17) is 0 Å². The Hall–Kier alpha value is -1.83. The molecule has 0 saturated heterocycles. The monoisotopic (exact) mass is 386 g/mol. The van der Waals surface area contributed by atoms with E-state index in [0.29, 0.717) is 6.54 Å². The molecular formula is C15H14BrF3N4. The summed E-state index contributed by atoms with van der Waals surface area (Å²) >= 11 is 3.36. The van der Waals surface area contributed by atoms with Crippen molar-refractivity contribution in [1.29, 1.82) is 0 Å². The van der Waals surface area contributed by atoms with Gasteiger partial charge in [0, 0.05) is 23.1 Å². The fraction of sp³-hybridized carbons (Fsp3) is 0.333. The van der Waals surface area contributed by atoms with Gasteiger partial charge in [-0.1, -0.05) is 28.1 Å². The van der Waals surface area contributed by atoms with Crippen LogP contribution in [0.5, 0.6) is 0 Å². The van der Waals surface area contributed by atoms with E-state index in [-0.39, 0.29) is 17.8 Å². The lowest BCUT2D eigenvalue weighted by atomic mass is 10.2. The third-order valence-corrected chi connectivity index (χ3v) is 3.78. The molecule has 1 fully saturated rings. The van der Waals surface area contributed by atoms with Crippen LogP contribution < -0.4 is 10.6 Å². The summed E-state index contributed by atoms with van der Waals surface area (Å²) in [5.41, 5.74) is -0.0179. The van der Waals surface area contributed by atoms with Gasteiger partial charge < -0.3 is 10.6 Å². The molecule has 8 heteroatoms. The second-order valence-corrected chi connectivity index (χ2v) is 6.28. The number of halogens is 4. The van der Waals surface area contributed by atoms with Crippen LogP contribution in [0.3, 0.4) is 0 Å². The molecular weight excluding hydrogens is 373 g/mol. The highest BCUT2D eigenvalue weighted by molar-refractivity contribution is 9.10. The number of nitrogens with zero attached hydrogens (tertiary/aromatic N) is 2. The number of aromatic nitrogens is 2. The number of nitrogens with one attached hydrogen (secondary N) is 2. The van der Waals surface area contributed by atoms with Gasteiger partial charge in [-0.2, -0.15) is 18.2 Å². The first-order chi connectivity index (χ1) is 10.9. The van der Waals surface area contributed by atoms with Gasteiger partial charge >= 0.3 is 6.18 Å². The average Bonchev–Trinajstić information content (AvgIpc) is 3.28. The summed E-state index contributed by atoms with van der Waals surface area (Å²) in [4.78, 5) is 7.68. The number of hydrogen-bond donors (Lipinski definition) is 2. The Morgan fingerprint density at radius 1 is 1.17 bits per heavy atom. The lowest BCUT2D eigenvalue weighted by Crippen LogP contribution is -2.15. The first-order valence-electron chi connectivity index (χ1n) is 7.11. The van der Waals surface area contributed by atoms with E-state index in [9.17, 15) is 13.2 Å². The van der Waals surface area contributed by atoms with Crippen LogP contribution in [0.25, 0.3) is 0 Å². The van der Waals surface area contributed by atoms with Crippen molar-refractivity contribution < 1.29 is 13.2 Å². The van der Waals surface area contributed by atoms with Crippen LogP contribution in [0.2, 0.25) is 0 Å². The second-order valence-electron chi connectivity index (χ2n) is 5.36. The van der Waals surface area contributed by atoms with Crippen LogP contribution in [-0.4, -0.2) is 16.0 Å². The van der Waals surface area contributed by atoms with Crippen LogP contribution >= 0.6 is 15.9 Å². The van der Waals surface area contributed by atoms with E-state index >= 15 is 0 Å². The fourth-order valence-corrected chi connectivity index (χ4v) is 2.44. The van der Waals surface area contributed by atoms with Crippen molar-refractivity contribution in [2.24, 2.45) is 0 Å². The number of alkyl halides is 3. The van der Waals surface area contributed by atoms with Crippen molar-refractivity contribution in [3.8, 4) is 0 Å². The Balaban J connectivity index is 1.79. The Kier molecular flexibility index (Phi) is 4.43. The SMILES string of the molecule is FC(F)(F)c1cc(NCc2cccc(Br)c2)nc(NC2CC2)n1. The molecule has 0 atom stereocenters. The van der Waals surface area contributed by atoms with Gasteiger partial charge in [0.15, 0.2) is 5.69 Å². The second kappa shape index (κ2) is 6.35. The van der Waals surface area contributed by atoms with Gasteiger partial charge in [-0.25, -0.2) is 4.98 Å². The summed E-state index contributed by atoms with van der Waals surface area (Å²) < 4.78 is 39.8. The minimum atomic E-state index is -4.50. The summed E-state index contributed by atoms with van der Waals surface area (Å²) in [6, 6.07) is 8.62. The summed E-state index contributed by atoms with van der Waals surface area (Å²) in [6.45, 7) is 0.372. The van der Waals surface area contributed by atoms with Crippen molar-refractivity contribution >= 4 is 27.7 Å². The lowest BCUT2D eigenvalue weighted by molar-refractivity contribution is -0.141. The Morgan fingerprint density at radius 3 is 2.61 bits per heavy atom. The molecule has 122 valence electrons. The van der Waals surface area contributed by atoms with Gasteiger partial charge in [0.1, 0.15) is 5.82 Å². The van der Waals surface area contributed by atoms with Gasteiger partial charge in [-0.05, 0) is 30.5 Å². The number of benzene rings is 1. The standard InChI is InChI=1S/C15H14BrF3N4/c16-10-3-1-2-9(6-10)8-20-13-7-12(15(17,18)19)22-14(23-13)21-11-4-5-11/h1-3,6-7,11H,4-5,8H2,(H2,20,21,22,23). The quantitative estimate of drug-likeness (QED) is 0.797.